The smallest absolute Gasteiger partial charge is 0.186 e. The Balaban J connectivity index is 2.92. The van der Waals surface area contributed by atoms with Crippen LogP contribution in [0.4, 0.5) is 0 Å². The monoisotopic (exact) mass is 268 g/mol. The Morgan fingerprint density at radius 3 is 2.35 bits per heavy atom. The second kappa shape index (κ2) is 4.89. The molecule has 0 radical (unpaired) electrons. The predicted octanol–water partition coefficient (Wildman–Crippen LogP) is 3.86. The summed E-state index contributed by atoms with van der Waals surface area (Å²) in [5.41, 5.74) is 0.784. The van der Waals surface area contributed by atoms with Gasteiger partial charge in [-0.1, -0.05) is 20.8 Å². The van der Waals surface area contributed by atoms with Crippen molar-refractivity contribution >= 4 is 19.7 Å². The van der Waals surface area contributed by atoms with Gasteiger partial charge in [-0.05, 0) is 19.6 Å². The molecule has 0 amide bonds. The fraction of sp³-hybridized carbons (Fsp3) is 0.667. The first-order chi connectivity index (χ1) is 7.63. The average molecular weight is 268 g/mol. The van der Waals surface area contributed by atoms with Gasteiger partial charge < -0.3 is 4.43 Å². The molecule has 94 valence electrons. The Morgan fingerprint density at radius 1 is 1.41 bits per heavy atom. The van der Waals surface area contributed by atoms with Crippen LogP contribution in [0.15, 0.2) is 5.38 Å². The number of nitrogens with zero attached hydrogens (tertiary/aromatic N) is 2. The lowest BCUT2D eigenvalue weighted by molar-refractivity contribution is 0.250. The van der Waals surface area contributed by atoms with Crippen molar-refractivity contribution in [3.05, 3.63) is 16.1 Å². The van der Waals surface area contributed by atoms with E-state index in [-0.39, 0.29) is 5.41 Å². The molecule has 0 spiro atoms. The highest BCUT2D eigenvalue weighted by Crippen LogP contribution is 2.29. The third kappa shape index (κ3) is 4.23. The van der Waals surface area contributed by atoms with Crippen LogP contribution in [-0.2, 0) is 9.84 Å². The van der Waals surface area contributed by atoms with Crippen molar-refractivity contribution in [2.75, 3.05) is 0 Å². The van der Waals surface area contributed by atoms with Crippen molar-refractivity contribution in [2.45, 2.75) is 51.9 Å². The summed E-state index contributed by atoms with van der Waals surface area (Å²) in [4.78, 5) is 4.53. The Bertz CT molecular complexity index is 423. The number of hydrogen-bond acceptors (Lipinski definition) is 4. The number of nitriles is 1. The third-order valence-corrected chi connectivity index (χ3v) is 4.25. The van der Waals surface area contributed by atoms with Crippen LogP contribution in [0.5, 0.6) is 0 Å². The zero-order valence-electron chi connectivity index (χ0n) is 11.4. The minimum Gasteiger partial charge on any atom is -0.398 e. The SMILES string of the molecule is CC(C)(C)c1nc(C(C#N)O[Si](C)(C)C)cs1. The summed E-state index contributed by atoms with van der Waals surface area (Å²) in [5.74, 6) is 0. The van der Waals surface area contributed by atoms with Gasteiger partial charge in [-0.25, -0.2) is 4.98 Å². The van der Waals surface area contributed by atoms with E-state index in [9.17, 15) is 0 Å². The lowest BCUT2D eigenvalue weighted by atomic mass is 9.98. The van der Waals surface area contributed by atoms with Crippen LogP contribution in [0.3, 0.4) is 0 Å². The summed E-state index contributed by atoms with van der Waals surface area (Å²) < 4.78 is 5.82. The molecule has 1 heterocycles. The number of thiazole rings is 1. The maximum Gasteiger partial charge on any atom is 0.186 e. The van der Waals surface area contributed by atoms with Crippen LogP contribution in [-0.4, -0.2) is 13.3 Å². The second-order valence-electron chi connectivity index (χ2n) is 6.07. The van der Waals surface area contributed by atoms with Gasteiger partial charge in [0.05, 0.1) is 16.8 Å². The summed E-state index contributed by atoms with van der Waals surface area (Å²) >= 11 is 1.60. The first kappa shape index (κ1) is 14.4. The molecule has 0 saturated carbocycles. The van der Waals surface area contributed by atoms with Crippen LogP contribution in [0.1, 0.15) is 37.6 Å². The molecule has 0 aromatic carbocycles. The fourth-order valence-corrected chi connectivity index (χ4v) is 3.06. The number of aromatic nitrogens is 1. The fourth-order valence-electron chi connectivity index (χ4n) is 1.26. The number of hydrogen-bond donors (Lipinski definition) is 0. The van der Waals surface area contributed by atoms with Gasteiger partial charge in [0, 0.05) is 10.8 Å². The van der Waals surface area contributed by atoms with Crippen molar-refractivity contribution in [2.24, 2.45) is 0 Å². The highest BCUT2D eigenvalue weighted by atomic mass is 32.1. The van der Waals surface area contributed by atoms with Gasteiger partial charge in [0.1, 0.15) is 0 Å². The van der Waals surface area contributed by atoms with E-state index in [1.807, 2.05) is 5.38 Å². The quantitative estimate of drug-likeness (QED) is 0.782. The van der Waals surface area contributed by atoms with E-state index in [4.69, 9.17) is 9.69 Å². The van der Waals surface area contributed by atoms with Crippen molar-refractivity contribution in [3.8, 4) is 6.07 Å². The van der Waals surface area contributed by atoms with E-state index in [1.165, 1.54) is 0 Å². The van der Waals surface area contributed by atoms with Crippen molar-refractivity contribution < 1.29 is 4.43 Å². The molecule has 1 rings (SSSR count). The maximum atomic E-state index is 9.17. The van der Waals surface area contributed by atoms with Crippen molar-refractivity contribution in [1.29, 1.82) is 5.26 Å². The molecular formula is C12H20N2OSSi. The summed E-state index contributed by atoms with van der Waals surface area (Å²) in [6.45, 7) is 12.6. The largest absolute Gasteiger partial charge is 0.398 e. The summed E-state index contributed by atoms with van der Waals surface area (Å²) in [6.07, 6.45) is -0.519. The van der Waals surface area contributed by atoms with Crippen molar-refractivity contribution in [3.63, 3.8) is 0 Å². The highest BCUT2D eigenvalue weighted by Gasteiger charge is 2.26. The molecule has 17 heavy (non-hydrogen) atoms. The first-order valence-electron chi connectivity index (χ1n) is 5.67. The zero-order valence-corrected chi connectivity index (χ0v) is 13.2. The molecular weight excluding hydrogens is 248 g/mol. The molecule has 0 fully saturated rings. The van der Waals surface area contributed by atoms with Gasteiger partial charge in [-0.15, -0.1) is 11.3 Å². The molecule has 0 aliphatic carbocycles. The predicted molar refractivity (Wildman–Crippen MR) is 73.6 cm³/mol. The van der Waals surface area contributed by atoms with Crippen LogP contribution in [0.25, 0.3) is 0 Å². The van der Waals surface area contributed by atoms with Crippen LogP contribution >= 0.6 is 11.3 Å². The maximum absolute atomic E-state index is 9.17. The Kier molecular flexibility index (Phi) is 4.13. The standard InChI is InChI=1S/C12H20N2OSSi/c1-12(2,3)11-14-9(8-16-11)10(7-13)15-17(4,5)6/h8,10H,1-6H3. The Morgan fingerprint density at radius 2 is 2.00 bits per heavy atom. The summed E-state index contributed by atoms with van der Waals surface area (Å²) in [7, 11) is -1.72. The van der Waals surface area contributed by atoms with Crippen LogP contribution in [0, 0.1) is 11.3 Å². The molecule has 0 saturated heterocycles. The van der Waals surface area contributed by atoms with E-state index in [2.05, 4.69) is 51.5 Å². The lowest BCUT2D eigenvalue weighted by Gasteiger charge is -2.20. The molecule has 1 aromatic rings. The van der Waals surface area contributed by atoms with Gasteiger partial charge in [0.25, 0.3) is 0 Å². The Hall–Kier alpha value is -0.703. The molecule has 1 unspecified atom stereocenters. The molecule has 0 aliphatic rings. The van der Waals surface area contributed by atoms with Crippen LogP contribution < -0.4 is 0 Å². The van der Waals surface area contributed by atoms with E-state index >= 15 is 0 Å². The first-order valence-corrected chi connectivity index (χ1v) is 9.95. The van der Waals surface area contributed by atoms with Crippen molar-refractivity contribution in [1.82, 2.24) is 4.98 Å². The number of rotatable bonds is 3. The molecule has 0 bridgehead atoms. The van der Waals surface area contributed by atoms with Gasteiger partial charge >= 0.3 is 0 Å². The molecule has 0 aliphatic heterocycles. The topological polar surface area (TPSA) is 45.9 Å². The highest BCUT2D eigenvalue weighted by molar-refractivity contribution is 7.09. The molecule has 5 heteroatoms. The summed E-state index contributed by atoms with van der Waals surface area (Å²) in [5, 5.41) is 12.2. The van der Waals surface area contributed by atoms with Gasteiger partial charge in [-0.3, -0.25) is 0 Å². The second-order valence-corrected chi connectivity index (χ2v) is 11.4. The van der Waals surface area contributed by atoms with E-state index in [0.717, 1.165) is 10.7 Å². The normalized spacial score (nSPS) is 14.4. The molecule has 3 nitrogen and oxygen atoms in total. The molecule has 0 N–H and O–H groups in total. The van der Waals surface area contributed by atoms with Gasteiger partial charge in [0.15, 0.2) is 14.4 Å². The summed E-state index contributed by atoms with van der Waals surface area (Å²) in [6, 6.07) is 2.20. The lowest BCUT2D eigenvalue weighted by Crippen LogP contribution is -2.27. The minimum absolute atomic E-state index is 0.0298. The van der Waals surface area contributed by atoms with E-state index < -0.39 is 14.4 Å². The van der Waals surface area contributed by atoms with Gasteiger partial charge in [0.2, 0.25) is 0 Å². The zero-order chi connectivity index (χ0) is 13.3. The average Bonchev–Trinajstić information content (AvgIpc) is 2.60. The molecule has 1 atom stereocenters. The Labute approximate surface area is 109 Å². The third-order valence-electron chi connectivity index (χ3n) is 2.02. The minimum atomic E-state index is -1.72. The van der Waals surface area contributed by atoms with Crippen LogP contribution in [0.2, 0.25) is 19.6 Å². The van der Waals surface area contributed by atoms with E-state index in [0.29, 0.717) is 0 Å². The molecule has 1 aromatic heterocycles. The van der Waals surface area contributed by atoms with E-state index in [1.54, 1.807) is 11.3 Å². The van der Waals surface area contributed by atoms with Gasteiger partial charge in [-0.2, -0.15) is 5.26 Å².